The Labute approximate surface area is 228 Å². The molecule has 0 amide bonds. The Hall–Kier alpha value is -3.61. The second kappa shape index (κ2) is 10.5. The molecule has 7 heteroatoms. The van der Waals surface area contributed by atoms with Crippen molar-refractivity contribution in [2.45, 2.75) is 77.2 Å². The molecular weight excluding hydrogens is 499 g/mol. The maximum absolute atomic E-state index is 14.9. The average Bonchev–Trinajstić information content (AvgIpc) is 2.98. The molecule has 0 N–H and O–H groups in total. The van der Waals surface area contributed by atoms with E-state index in [2.05, 4.69) is 0 Å². The smallest absolute Gasteiger partial charge is 0.318 e. The van der Waals surface area contributed by atoms with Crippen molar-refractivity contribution in [3.63, 3.8) is 0 Å². The van der Waals surface area contributed by atoms with Crippen LogP contribution in [-0.2, 0) is 42.2 Å². The summed E-state index contributed by atoms with van der Waals surface area (Å²) < 4.78 is 25.5. The molecule has 2 aromatic rings. The number of ketones is 3. The fraction of sp³-hybridized carbons (Fsp3) is 0.438. The van der Waals surface area contributed by atoms with Crippen LogP contribution >= 0.6 is 0 Å². The van der Waals surface area contributed by atoms with Gasteiger partial charge in [-0.3, -0.25) is 19.2 Å². The molecule has 2 atom stereocenters. The molecule has 1 fully saturated rings. The normalized spacial score (nSPS) is 20.5. The van der Waals surface area contributed by atoms with Crippen LogP contribution in [0.4, 0.5) is 4.39 Å². The lowest BCUT2D eigenvalue weighted by atomic mass is 9.79. The monoisotopic (exact) mass is 534 g/mol. The summed E-state index contributed by atoms with van der Waals surface area (Å²) >= 11 is 0. The number of halogens is 1. The summed E-state index contributed by atoms with van der Waals surface area (Å²) in [4.78, 5) is 52.7. The Bertz CT molecular complexity index is 1380. The molecule has 39 heavy (non-hydrogen) atoms. The minimum Gasteiger partial charge on any atom is -0.497 e. The number of hydrogen-bond acceptors (Lipinski definition) is 6. The van der Waals surface area contributed by atoms with Crippen molar-refractivity contribution in [3.05, 3.63) is 76.1 Å². The highest BCUT2D eigenvalue weighted by Crippen LogP contribution is 2.38. The highest BCUT2D eigenvalue weighted by molar-refractivity contribution is 6.14. The van der Waals surface area contributed by atoms with Crippen LogP contribution in [0, 0.1) is 11.7 Å². The SMILES string of the molecule is COc1ccc2c(c1)CCC=C(C(=O)CC1C(=O)OC(C)(C)C1=O)[C@H]2C(=O)Cc1ccc(C(C)(C)C)c(F)c1. The van der Waals surface area contributed by atoms with Crippen molar-refractivity contribution in [1.82, 2.24) is 0 Å². The number of esters is 1. The van der Waals surface area contributed by atoms with Crippen LogP contribution in [-0.4, -0.2) is 36.0 Å². The van der Waals surface area contributed by atoms with Gasteiger partial charge in [-0.2, -0.15) is 0 Å². The van der Waals surface area contributed by atoms with Gasteiger partial charge in [0.2, 0.25) is 0 Å². The van der Waals surface area contributed by atoms with Gasteiger partial charge in [0.05, 0.1) is 13.0 Å². The van der Waals surface area contributed by atoms with E-state index in [-0.39, 0.29) is 35.4 Å². The molecule has 0 saturated carbocycles. The first-order valence-electron chi connectivity index (χ1n) is 13.2. The van der Waals surface area contributed by atoms with Gasteiger partial charge in [0.25, 0.3) is 0 Å². The van der Waals surface area contributed by atoms with Crippen molar-refractivity contribution >= 4 is 23.3 Å². The van der Waals surface area contributed by atoms with Crippen molar-refractivity contribution < 1.29 is 33.0 Å². The fourth-order valence-electron chi connectivity index (χ4n) is 5.46. The second-order valence-corrected chi connectivity index (χ2v) is 11.9. The number of rotatable bonds is 7. The van der Waals surface area contributed by atoms with E-state index < -0.39 is 35.0 Å². The zero-order valence-corrected chi connectivity index (χ0v) is 23.4. The van der Waals surface area contributed by atoms with E-state index in [0.717, 1.165) is 5.56 Å². The fourth-order valence-corrected chi connectivity index (χ4v) is 5.46. The summed E-state index contributed by atoms with van der Waals surface area (Å²) in [6.07, 6.45) is 2.36. The number of allylic oxidation sites excluding steroid dienone is 2. The molecule has 1 aliphatic heterocycles. The first kappa shape index (κ1) is 28.4. The van der Waals surface area contributed by atoms with Crippen molar-refractivity contribution in [2.75, 3.05) is 7.11 Å². The number of carbonyl (C=O) groups is 4. The lowest BCUT2D eigenvalue weighted by molar-refractivity contribution is -0.150. The Kier molecular flexibility index (Phi) is 7.66. The number of aryl methyl sites for hydroxylation is 1. The van der Waals surface area contributed by atoms with E-state index >= 15 is 0 Å². The molecule has 0 aromatic heterocycles. The molecule has 1 aliphatic carbocycles. The van der Waals surface area contributed by atoms with Crippen molar-refractivity contribution in [1.29, 1.82) is 0 Å². The Morgan fingerprint density at radius 2 is 1.82 bits per heavy atom. The molecule has 2 aliphatic rings. The predicted octanol–water partition coefficient (Wildman–Crippen LogP) is 5.38. The minimum atomic E-state index is -1.29. The summed E-state index contributed by atoms with van der Waals surface area (Å²) in [5.74, 6) is -3.77. The van der Waals surface area contributed by atoms with Gasteiger partial charge in [0.1, 0.15) is 23.3 Å². The number of carbonyl (C=O) groups excluding carboxylic acids is 4. The Balaban J connectivity index is 1.69. The van der Waals surface area contributed by atoms with Crippen LogP contribution in [0.1, 0.15) is 75.6 Å². The maximum Gasteiger partial charge on any atom is 0.318 e. The van der Waals surface area contributed by atoms with Gasteiger partial charge in [0, 0.05) is 18.4 Å². The third-order valence-corrected chi connectivity index (χ3v) is 7.55. The van der Waals surface area contributed by atoms with Crippen LogP contribution in [0.25, 0.3) is 0 Å². The molecule has 0 spiro atoms. The third-order valence-electron chi connectivity index (χ3n) is 7.55. The zero-order chi connectivity index (χ0) is 28.7. The first-order chi connectivity index (χ1) is 18.2. The van der Waals surface area contributed by atoms with E-state index in [1.54, 1.807) is 37.5 Å². The largest absolute Gasteiger partial charge is 0.497 e. The minimum absolute atomic E-state index is 0.0838. The summed E-state index contributed by atoms with van der Waals surface area (Å²) in [7, 11) is 1.56. The summed E-state index contributed by atoms with van der Waals surface area (Å²) in [6, 6.07) is 10.2. The molecular formula is C32H35FO6. The highest BCUT2D eigenvalue weighted by atomic mass is 19.1. The zero-order valence-electron chi connectivity index (χ0n) is 23.4. The number of benzene rings is 2. The first-order valence-corrected chi connectivity index (χ1v) is 13.2. The van der Waals surface area contributed by atoms with Gasteiger partial charge in [0.15, 0.2) is 17.2 Å². The number of fused-ring (bicyclic) bond motifs is 1. The maximum atomic E-state index is 14.9. The summed E-state index contributed by atoms with van der Waals surface area (Å²) in [6.45, 7) is 8.76. The predicted molar refractivity (Wildman–Crippen MR) is 144 cm³/mol. The Morgan fingerprint density at radius 3 is 2.41 bits per heavy atom. The Morgan fingerprint density at radius 1 is 1.10 bits per heavy atom. The molecule has 4 rings (SSSR count). The standard InChI is InChI=1S/C32H35FO6/c1-31(2,3)24-13-10-18(14-25(24)33)15-27(35)28-21-12-11-20(38-6)16-19(21)8-7-9-22(28)26(34)17-23-29(36)32(4,5)39-30(23)37/h9-14,16,23,28H,7-8,15,17H2,1-6H3/t23?,28-/m0/s1. The van der Waals surface area contributed by atoms with Crippen molar-refractivity contribution in [3.8, 4) is 5.75 Å². The highest BCUT2D eigenvalue weighted by Gasteiger charge is 2.50. The quantitative estimate of drug-likeness (QED) is 0.350. The van der Waals surface area contributed by atoms with Crippen LogP contribution in [0.15, 0.2) is 48.0 Å². The van der Waals surface area contributed by atoms with E-state index in [1.165, 1.54) is 19.9 Å². The summed E-state index contributed by atoms with van der Waals surface area (Å²) in [5, 5.41) is 0. The van der Waals surface area contributed by atoms with Crippen LogP contribution in [0.2, 0.25) is 0 Å². The lowest BCUT2D eigenvalue weighted by Gasteiger charge is -2.22. The lowest BCUT2D eigenvalue weighted by Crippen LogP contribution is -2.31. The molecule has 1 unspecified atom stereocenters. The molecule has 1 saturated heterocycles. The van der Waals surface area contributed by atoms with Gasteiger partial charge in [-0.1, -0.05) is 45.0 Å². The van der Waals surface area contributed by atoms with Gasteiger partial charge in [-0.25, -0.2) is 4.39 Å². The number of methoxy groups -OCH3 is 1. The van der Waals surface area contributed by atoms with E-state index in [9.17, 15) is 23.6 Å². The second-order valence-electron chi connectivity index (χ2n) is 11.9. The van der Waals surface area contributed by atoms with E-state index in [1.807, 2.05) is 26.8 Å². The van der Waals surface area contributed by atoms with Gasteiger partial charge < -0.3 is 9.47 Å². The van der Waals surface area contributed by atoms with Gasteiger partial charge in [-0.05, 0) is 72.6 Å². The molecule has 0 radical (unpaired) electrons. The van der Waals surface area contributed by atoms with Gasteiger partial charge in [-0.15, -0.1) is 0 Å². The topological polar surface area (TPSA) is 86.7 Å². The average molecular weight is 535 g/mol. The molecule has 2 aromatic carbocycles. The number of cyclic esters (lactones) is 1. The number of hydrogen-bond donors (Lipinski definition) is 0. The molecule has 206 valence electrons. The molecule has 1 heterocycles. The number of Topliss-reactive ketones (excluding diaryl/α,β-unsaturated/α-hetero) is 3. The number of ether oxygens (including phenoxy) is 2. The van der Waals surface area contributed by atoms with E-state index in [0.29, 0.717) is 35.3 Å². The van der Waals surface area contributed by atoms with Crippen LogP contribution < -0.4 is 4.74 Å². The summed E-state index contributed by atoms with van der Waals surface area (Å²) in [5.41, 5.74) is 1.18. The van der Waals surface area contributed by atoms with Crippen LogP contribution in [0.5, 0.6) is 5.75 Å². The van der Waals surface area contributed by atoms with E-state index in [4.69, 9.17) is 9.47 Å². The molecule has 6 nitrogen and oxygen atoms in total. The molecule has 0 bridgehead atoms. The van der Waals surface area contributed by atoms with Crippen molar-refractivity contribution in [2.24, 2.45) is 5.92 Å². The third kappa shape index (κ3) is 5.72. The van der Waals surface area contributed by atoms with Gasteiger partial charge >= 0.3 is 5.97 Å². The van der Waals surface area contributed by atoms with Crippen LogP contribution in [0.3, 0.4) is 0 Å².